The monoisotopic (exact) mass is 252 g/mol. The molecule has 2 amide bonds. The van der Waals surface area contributed by atoms with Gasteiger partial charge in [-0.1, -0.05) is 5.16 Å². The third kappa shape index (κ3) is 3.30. The Balaban J connectivity index is 1.76. The quantitative estimate of drug-likeness (QED) is 0.744. The molecular weight excluding hydrogens is 236 g/mol. The zero-order chi connectivity index (χ0) is 13.0. The number of nitrogens with one attached hydrogen (secondary N) is 1. The van der Waals surface area contributed by atoms with E-state index < -0.39 is 0 Å². The number of piperazine rings is 1. The fourth-order valence-electron chi connectivity index (χ4n) is 1.84. The Morgan fingerprint density at radius 2 is 2.22 bits per heavy atom. The van der Waals surface area contributed by atoms with Crippen molar-refractivity contribution in [3.63, 3.8) is 0 Å². The Morgan fingerprint density at radius 1 is 1.50 bits per heavy atom. The van der Waals surface area contributed by atoms with E-state index in [-0.39, 0.29) is 5.91 Å². The lowest BCUT2D eigenvalue weighted by Gasteiger charge is -2.31. The van der Waals surface area contributed by atoms with Gasteiger partial charge in [-0.15, -0.1) is 0 Å². The molecule has 0 spiro atoms. The Bertz CT molecular complexity index is 424. The molecule has 1 N–H and O–H groups in total. The molecule has 1 aliphatic heterocycles. The normalized spacial score (nSPS) is 16.6. The molecule has 0 radical (unpaired) electrons. The van der Waals surface area contributed by atoms with Gasteiger partial charge in [0.05, 0.1) is 6.54 Å². The number of nitrogens with zero attached hydrogens (tertiary/aromatic N) is 3. The molecule has 1 saturated heterocycles. The number of carbonyl (C=O) groups excluding carboxylic acids is 2. The number of anilines is 1. The van der Waals surface area contributed by atoms with E-state index in [4.69, 9.17) is 4.52 Å². The summed E-state index contributed by atoms with van der Waals surface area (Å²) in [5.41, 5.74) is 0. The molecule has 2 heterocycles. The summed E-state index contributed by atoms with van der Waals surface area (Å²) < 4.78 is 4.86. The maximum atomic E-state index is 11.7. The van der Waals surface area contributed by atoms with Crippen LogP contribution in [0.5, 0.6) is 0 Å². The SMILES string of the molecule is Cc1cc(NC(=O)CN2CCN(C=O)CC2)no1. The van der Waals surface area contributed by atoms with Gasteiger partial charge in [-0.05, 0) is 6.92 Å². The van der Waals surface area contributed by atoms with E-state index in [9.17, 15) is 9.59 Å². The number of rotatable bonds is 4. The summed E-state index contributed by atoms with van der Waals surface area (Å²) in [4.78, 5) is 26.0. The highest BCUT2D eigenvalue weighted by atomic mass is 16.5. The summed E-state index contributed by atoms with van der Waals surface area (Å²) in [7, 11) is 0. The molecule has 0 unspecified atom stereocenters. The molecule has 1 aromatic heterocycles. The fraction of sp³-hybridized carbons (Fsp3) is 0.545. The van der Waals surface area contributed by atoms with Crippen LogP contribution in [0.25, 0.3) is 0 Å². The van der Waals surface area contributed by atoms with Crippen molar-refractivity contribution in [1.29, 1.82) is 0 Å². The zero-order valence-corrected chi connectivity index (χ0v) is 10.3. The minimum absolute atomic E-state index is 0.122. The predicted molar refractivity (Wildman–Crippen MR) is 63.9 cm³/mol. The minimum atomic E-state index is -0.122. The fourth-order valence-corrected chi connectivity index (χ4v) is 1.84. The summed E-state index contributed by atoms with van der Waals surface area (Å²) in [5.74, 6) is 0.969. The first-order valence-electron chi connectivity index (χ1n) is 5.82. The van der Waals surface area contributed by atoms with Crippen molar-refractivity contribution in [2.75, 3.05) is 38.0 Å². The van der Waals surface area contributed by atoms with E-state index in [0.29, 0.717) is 44.3 Å². The molecule has 0 aliphatic carbocycles. The van der Waals surface area contributed by atoms with E-state index in [2.05, 4.69) is 10.5 Å². The van der Waals surface area contributed by atoms with Crippen LogP contribution in [0.4, 0.5) is 5.82 Å². The lowest BCUT2D eigenvalue weighted by atomic mass is 10.3. The third-order valence-electron chi connectivity index (χ3n) is 2.82. The molecule has 0 aromatic carbocycles. The van der Waals surface area contributed by atoms with Gasteiger partial charge in [-0.2, -0.15) is 0 Å². The molecular formula is C11H16N4O3. The Labute approximate surface area is 105 Å². The summed E-state index contributed by atoms with van der Waals surface area (Å²) >= 11 is 0. The van der Waals surface area contributed by atoms with E-state index >= 15 is 0 Å². The van der Waals surface area contributed by atoms with Gasteiger partial charge in [-0.25, -0.2) is 0 Å². The van der Waals surface area contributed by atoms with E-state index in [0.717, 1.165) is 6.41 Å². The van der Waals surface area contributed by atoms with Crippen molar-refractivity contribution in [3.8, 4) is 0 Å². The molecule has 1 fully saturated rings. The van der Waals surface area contributed by atoms with Crippen LogP contribution < -0.4 is 5.32 Å². The van der Waals surface area contributed by atoms with Crippen molar-refractivity contribution in [2.45, 2.75) is 6.92 Å². The highest BCUT2D eigenvalue weighted by Gasteiger charge is 2.18. The van der Waals surface area contributed by atoms with E-state index in [1.54, 1.807) is 17.9 Å². The van der Waals surface area contributed by atoms with Crippen molar-refractivity contribution in [3.05, 3.63) is 11.8 Å². The van der Waals surface area contributed by atoms with Crippen LogP contribution in [-0.2, 0) is 9.59 Å². The van der Waals surface area contributed by atoms with Gasteiger partial charge < -0.3 is 14.7 Å². The third-order valence-corrected chi connectivity index (χ3v) is 2.82. The summed E-state index contributed by atoms with van der Waals surface area (Å²) in [6, 6.07) is 1.67. The van der Waals surface area contributed by atoms with Crippen molar-refractivity contribution in [1.82, 2.24) is 15.0 Å². The zero-order valence-electron chi connectivity index (χ0n) is 10.3. The Kier molecular flexibility index (Phi) is 3.93. The smallest absolute Gasteiger partial charge is 0.239 e. The van der Waals surface area contributed by atoms with E-state index in [1.807, 2.05) is 4.90 Å². The average Bonchev–Trinajstić information content (AvgIpc) is 2.75. The maximum Gasteiger partial charge on any atom is 0.239 e. The molecule has 98 valence electrons. The summed E-state index contributed by atoms with van der Waals surface area (Å²) in [6.45, 7) is 4.83. The molecule has 0 saturated carbocycles. The summed E-state index contributed by atoms with van der Waals surface area (Å²) in [5, 5.41) is 6.36. The van der Waals surface area contributed by atoms with Gasteiger partial charge in [0, 0.05) is 32.2 Å². The van der Waals surface area contributed by atoms with Gasteiger partial charge in [-0.3, -0.25) is 14.5 Å². The topological polar surface area (TPSA) is 78.7 Å². The van der Waals surface area contributed by atoms with Gasteiger partial charge in [0.15, 0.2) is 5.82 Å². The number of carbonyl (C=O) groups is 2. The highest BCUT2D eigenvalue weighted by molar-refractivity contribution is 5.91. The van der Waals surface area contributed by atoms with Crippen LogP contribution in [-0.4, -0.2) is 60.0 Å². The number of amides is 2. The Morgan fingerprint density at radius 3 is 2.78 bits per heavy atom. The van der Waals surface area contributed by atoms with Gasteiger partial charge in [0.1, 0.15) is 5.76 Å². The largest absolute Gasteiger partial charge is 0.360 e. The minimum Gasteiger partial charge on any atom is -0.360 e. The van der Waals surface area contributed by atoms with Crippen LogP contribution in [0.1, 0.15) is 5.76 Å². The second kappa shape index (κ2) is 5.63. The molecule has 18 heavy (non-hydrogen) atoms. The average molecular weight is 252 g/mol. The number of hydrogen-bond acceptors (Lipinski definition) is 5. The molecule has 1 aliphatic rings. The number of aromatic nitrogens is 1. The lowest BCUT2D eigenvalue weighted by molar-refractivity contribution is -0.120. The first kappa shape index (κ1) is 12.6. The molecule has 0 atom stereocenters. The van der Waals surface area contributed by atoms with Gasteiger partial charge >= 0.3 is 0 Å². The lowest BCUT2D eigenvalue weighted by Crippen LogP contribution is -2.48. The van der Waals surface area contributed by atoms with Crippen molar-refractivity contribution in [2.24, 2.45) is 0 Å². The van der Waals surface area contributed by atoms with Crippen LogP contribution in [0, 0.1) is 6.92 Å². The van der Waals surface area contributed by atoms with Crippen LogP contribution in [0.2, 0.25) is 0 Å². The Hall–Kier alpha value is -1.89. The predicted octanol–water partition coefficient (Wildman–Crippen LogP) is -0.304. The van der Waals surface area contributed by atoms with Crippen LogP contribution in [0.15, 0.2) is 10.6 Å². The van der Waals surface area contributed by atoms with Crippen LogP contribution >= 0.6 is 0 Å². The second-order valence-corrected chi connectivity index (χ2v) is 4.29. The van der Waals surface area contributed by atoms with Gasteiger partial charge in [0.25, 0.3) is 0 Å². The van der Waals surface area contributed by atoms with Crippen molar-refractivity contribution < 1.29 is 14.1 Å². The van der Waals surface area contributed by atoms with Gasteiger partial charge in [0.2, 0.25) is 12.3 Å². The number of hydrogen-bond donors (Lipinski definition) is 1. The second-order valence-electron chi connectivity index (χ2n) is 4.29. The first-order chi connectivity index (χ1) is 8.67. The standard InChI is InChI=1S/C11H16N4O3/c1-9-6-10(13-18-9)12-11(17)7-14-2-4-15(8-16)5-3-14/h6,8H,2-5,7H2,1H3,(H,12,13,17). The summed E-state index contributed by atoms with van der Waals surface area (Å²) in [6.07, 6.45) is 0.843. The molecule has 2 rings (SSSR count). The first-order valence-corrected chi connectivity index (χ1v) is 5.82. The molecule has 7 heteroatoms. The van der Waals surface area contributed by atoms with Crippen molar-refractivity contribution >= 4 is 18.1 Å². The maximum absolute atomic E-state index is 11.7. The highest BCUT2D eigenvalue weighted by Crippen LogP contribution is 2.07. The number of aryl methyl sites for hydroxylation is 1. The molecule has 0 bridgehead atoms. The van der Waals surface area contributed by atoms with E-state index in [1.165, 1.54) is 0 Å². The molecule has 1 aromatic rings. The molecule has 7 nitrogen and oxygen atoms in total. The van der Waals surface area contributed by atoms with Crippen LogP contribution in [0.3, 0.4) is 0 Å².